The molecule has 0 bridgehead atoms. The third-order valence-corrected chi connectivity index (χ3v) is 7.16. The number of hydrogen-bond acceptors (Lipinski definition) is 5. The van der Waals surface area contributed by atoms with Crippen molar-refractivity contribution in [1.29, 1.82) is 0 Å². The molecule has 1 fully saturated rings. The Kier molecular flexibility index (Phi) is 11.6. The van der Waals surface area contributed by atoms with Gasteiger partial charge in [-0.15, -0.1) is 0 Å². The van der Waals surface area contributed by atoms with Gasteiger partial charge in [0, 0.05) is 36.9 Å². The number of likely N-dealkylation sites (tertiary alicyclic amines) is 1. The fourth-order valence-electron chi connectivity index (χ4n) is 5.15. The van der Waals surface area contributed by atoms with E-state index in [4.69, 9.17) is 5.73 Å². The van der Waals surface area contributed by atoms with Crippen LogP contribution in [0.4, 0.5) is 13.2 Å². The van der Waals surface area contributed by atoms with Gasteiger partial charge in [0.1, 0.15) is 6.42 Å². The number of rotatable bonds is 13. The van der Waals surface area contributed by atoms with Gasteiger partial charge in [0.05, 0.1) is 6.04 Å². The highest BCUT2D eigenvalue weighted by molar-refractivity contribution is 5.92. The number of halogens is 3. The van der Waals surface area contributed by atoms with E-state index in [1.54, 1.807) is 12.1 Å². The van der Waals surface area contributed by atoms with Crippen LogP contribution >= 0.6 is 0 Å². The van der Waals surface area contributed by atoms with Gasteiger partial charge in [-0.2, -0.15) is 13.2 Å². The van der Waals surface area contributed by atoms with E-state index < -0.39 is 30.5 Å². The van der Waals surface area contributed by atoms with Crippen LogP contribution < -0.4 is 16.5 Å². The first-order chi connectivity index (χ1) is 19.0. The molecule has 4 N–H and O–H groups in total. The summed E-state index contributed by atoms with van der Waals surface area (Å²) in [6.07, 6.45) is -0.0803. The lowest BCUT2D eigenvalue weighted by Crippen LogP contribution is -2.47. The normalized spacial score (nSPS) is 17.9. The largest absolute Gasteiger partial charge is 0.397 e. The average Bonchev–Trinajstić information content (AvgIpc) is 3.15. The third-order valence-electron chi connectivity index (χ3n) is 7.16. The Balaban J connectivity index is 1.52. The summed E-state index contributed by atoms with van der Waals surface area (Å²) in [5.41, 5.74) is 11.2. The monoisotopic (exact) mass is 559 g/mol. The number of carbonyl (C=O) groups excluding carboxylic acids is 2. The fourth-order valence-corrected chi connectivity index (χ4v) is 5.15. The molecule has 3 rings (SSSR count). The molecule has 7 nitrogen and oxygen atoms in total. The molecule has 218 valence electrons. The number of hydrogen-bond donors (Lipinski definition) is 3. The van der Waals surface area contributed by atoms with Gasteiger partial charge in [-0.05, 0) is 68.8 Å². The zero-order chi connectivity index (χ0) is 29.1. The SMILES string of the molecule is C=CN(NC(C)Cc1ccc(C(N)=O)cc1)C1CCCN(CCC(NC(=O)CC(F)(F)F)c2ccccc2)CC1. The molecule has 0 aliphatic carbocycles. The van der Waals surface area contributed by atoms with Crippen LogP contribution in [0.15, 0.2) is 67.4 Å². The topological polar surface area (TPSA) is 90.7 Å². The van der Waals surface area contributed by atoms with E-state index in [2.05, 4.69) is 34.2 Å². The highest BCUT2D eigenvalue weighted by Crippen LogP contribution is 2.23. The summed E-state index contributed by atoms with van der Waals surface area (Å²) in [7, 11) is 0. The van der Waals surface area contributed by atoms with Gasteiger partial charge in [-0.1, -0.05) is 49.0 Å². The molecule has 0 spiro atoms. The summed E-state index contributed by atoms with van der Waals surface area (Å²) in [6, 6.07) is 16.3. The minimum atomic E-state index is -4.54. The molecule has 10 heteroatoms. The summed E-state index contributed by atoms with van der Waals surface area (Å²) < 4.78 is 38.2. The van der Waals surface area contributed by atoms with E-state index in [-0.39, 0.29) is 12.1 Å². The molecule has 0 saturated carbocycles. The molecule has 1 aliphatic heterocycles. The maximum absolute atomic E-state index is 12.7. The predicted octanol–water partition coefficient (Wildman–Crippen LogP) is 4.72. The molecule has 2 aromatic rings. The molecular formula is C30H40F3N5O2. The van der Waals surface area contributed by atoms with Crippen molar-refractivity contribution in [2.45, 2.75) is 69.8 Å². The van der Waals surface area contributed by atoms with Gasteiger partial charge < -0.3 is 21.0 Å². The highest BCUT2D eigenvalue weighted by Gasteiger charge is 2.32. The molecule has 3 atom stereocenters. The minimum absolute atomic E-state index is 0.128. The molecule has 2 amide bonds. The van der Waals surface area contributed by atoms with Crippen molar-refractivity contribution in [2.24, 2.45) is 5.73 Å². The lowest BCUT2D eigenvalue weighted by molar-refractivity contribution is -0.154. The Labute approximate surface area is 234 Å². The van der Waals surface area contributed by atoms with E-state index in [0.29, 0.717) is 18.5 Å². The van der Waals surface area contributed by atoms with E-state index in [0.717, 1.165) is 49.9 Å². The Hall–Kier alpha value is -3.37. The summed E-state index contributed by atoms with van der Waals surface area (Å²) in [6.45, 7) is 8.47. The highest BCUT2D eigenvalue weighted by atomic mass is 19.4. The summed E-state index contributed by atoms with van der Waals surface area (Å²) in [5, 5.41) is 4.67. The van der Waals surface area contributed by atoms with Gasteiger partial charge >= 0.3 is 6.18 Å². The predicted molar refractivity (Wildman–Crippen MR) is 150 cm³/mol. The van der Waals surface area contributed by atoms with Crippen molar-refractivity contribution >= 4 is 11.8 Å². The number of carbonyl (C=O) groups is 2. The molecule has 1 saturated heterocycles. The van der Waals surface area contributed by atoms with Crippen molar-refractivity contribution in [3.63, 3.8) is 0 Å². The van der Waals surface area contributed by atoms with Crippen LogP contribution in [-0.4, -0.2) is 59.6 Å². The molecular weight excluding hydrogens is 519 g/mol. The first-order valence-corrected chi connectivity index (χ1v) is 13.7. The zero-order valence-electron chi connectivity index (χ0n) is 23.0. The van der Waals surface area contributed by atoms with Crippen LogP contribution in [0.1, 0.15) is 66.6 Å². The van der Waals surface area contributed by atoms with Gasteiger partial charge in [-0.3, -0.25) is 9.59 Å². The lowest BCUT2D eigenvalue weighted by Gasteiger charge is -2.33. The Morgan fingerprint density at radius 3 is 2.45 bits per heavy atom. The summed E-state index contributed by atoms with van der Waals surface area (Å²) in [4.78, 5) is 25.7. The first-order valence-electron chi connectivity index (χ1n) is 13.7. The Morgan fingerprint density at radius 2 is 1.82 bits per heavy atom. The standard InChI is InChI=1S/C30H40F3N5O2/c1-3-38(36-22(2)20-23-11-13-25(14-12-23)29(34)40)26-10-7-17-37(18-15-26)19-16-27(24-8-5-4-6-9-24)35-28(39)21-30(31,32)33/h3-6,8-9,11-14,22,26-27,36H,1,7,10,15-21H2,2H3,(H2,34,40)(H,35,39). The molecule has 1 heterocycles. The number of benzene rings is 2. The molecule has 1 aliphatic rings. The second-order valence-electron chi connectivity index (χ2n) is 10.4. The summed E-state index contributed by atoms with van der Waals surface area (Å²) >= 11 is 0. The van der Waals surface area contributed by atoms with Gasteiger partial charge in [0.25, 0.3) is 0 Å². The van der Waals surface area contributed by atoms with Crippen molar-refractivity contribution in [2.75, 3.05) is 19.6 Å². The van der Waals surface area contributed by atoms with E-state index in [9.17, 15) is 22.8 Å². The Bertz CT molecular complexity index is 1090. The third kappa shape index (κ3) is 10.3. The van der Waals surface area contributed by atoms with Crippen LogP contribution in [-0.2, 0) is 11.2 Å². The molecule has 2 aromatic carbocycles. The maximum Gasteiger partial charge on any atom is 0.397 e. The smallest absolute Gasteiger partial charge is 0.366 e. The number of nitrogens with two attached hydrogens (primary N) is 1. The van der Waals surface area contributed by atoms with E-state index >= 15 is 0 Å². The molecule has 40 heavy (non-hydrogen) atoms. The van der Waals surface area contributed by atoms with Crippen molar-refractivity contribution in [3.05, 3.63) is 84.1 Å². The van der Waals surface area contributed by atoms with Crippen LogP contribution in [0, 0.1) is 0 Å². The van der Waals surface area contributed by atoms with Gasteiger partial charge in [-0.25, -0.2) is 5.43 Å². The minimum Gasteiger partial charge on any atom is -0.366 e. The average molecular weight is 560 g/mol. The number of nitrogens with zero attached hydrogens (tertiary/aromatic N) is 2. The number of nitrogens with one attached hydrogen (secondary N) is 2. The van der Waals surface area contributed by atoms with Crippen LogP contribution in [0.2, 0.25) is 0 Å². The van der Waals surface area contributed by atoms with Crippen molar-refractivity contribution in [3.8, 4) is 0 Å². The number of alkyl halides is 3. The number of hydrazine groups is 1. The number of primary amides is 1. The van der Waals surface area contributed by atoms with Gasteiger partial charge in [0.15, 0.2) is 0 Å². The second kappa shape index (κ2) is 14.9. The first kappa shape index (κ1) is 31.2. The van der Waals surface area contributed by atoms with E-state index in [1.165, 1.54) is 0 Å². The molecule has 3 unspecified atom stereocenters. The second-order valence-corrected chi connectivity index (χ2v) is 10.4. The molecule has 0 aromatic heterocycles. The van der Waals surface area contributed by atoms with Crippen molar-refractivity contribution in [1.82, 2.24) is 20.7 Å². The summed E-state index contributed by atoms with van der Waals surface area (Å²) in [5.74, 6) is -1.46. The Morgan fingerprint density at radius 1 is 1.12 bits per heavy atom. The maximum atomic E-state index is 12.7. The zero-order valence-corrected chi connectivity index (χ0v) is 23.0. The molecule has 0 radical (unpaired) electrons. The van der Waals surface area contributed by atoms with Gasteiger partial charge in [0.2, 0.25) is 11.8 Å². The van der Waals surface area contributed by atoms with Crippen LogP contribution in [0.5, 0.6) is 0 Å². The van der Waals surface area contributed by atoms with Crippen LogP contribution in [0.25, 0.3) is 0 Å². The quantitative estimate of drug-likeness (QED) is 0.309. The lowest BCUT2D eigenvalue weighted by atomic mass is 10.0. The van der Waals surface area contributed by atoms with Crippen LogP contribution in [0.3, 0.4) is 0 Å². The number of amides is 2. The fraction of sp³-hybridized carbons (Fsp3) is 0.467. The van der Waals surface area contributed by atoms with E-state index in [1.807, 2.05) is 48.7 Å². The van der Waals surface area contributed by atoms with Crippen molar-refractivity contribution < 1.29 is 22.8 Å².